The van der Waals surface area contributed by atoms with E-state index in [0.717, 1.165) is 12.8 Å². The summed E-state index contributed by atoms with van der Waals surface area (Å²) >= 11 is 5.97. The molecule has 0 heterocycles. The third-order valence-corrected chi connectivity index (χ3v) is 5.46. The molecule has 0 aromatic carbocycles. The Hall–Kier alpha value is 0.200. The lowest BCUT2D eigenvalue weighted by atomic mass is 9.85. The molecule has 0 atom stereocenters. The van der Waals surface area contributed by atoms with Crippen LogP contribution in [0.5, 0.6) is 0 Å². The highest BCUT2D eigenvalue weighted by Gasteiger charge is 2.27. The zero-order valence-corrected chi connectivity index (χ0v) is 13.9. The number of alkyl halides is 1. The van der Waals surface area contributed by atoms with Crippen molar-refractivity contribution in [2.45, 2.75) is 53.9 Å². The molecule has 0 aromatic rings. The van der Waals surface area contributed by atoms with Crippen molar-refractivity contribution in [3.8, 4) is 0 Å². The predicted molar refractivity (Wildman–Crippen MR) is 79.6 cm³/mol. The number of nitrogens with one attached hydrogen (secondary N) is 1. The molecular formula is C13H28ClNO2S. The normalized spacial score (nSPS) is 13.9. The van der Waals surface area contributed by atoms with Crippen LogP contribution in [-0.4, -0.2) is 26.6 Å². The van der Waals surface area contributed by atoms with Gasteiger partial charge in [-0.25, -0.2) is 13.1 Å². The highest BCUT2D eigenvalue weighted by atomic mass is 35.5. The maximum absolute atomic E-state index is 11.9. The molecule has 1 N–H and O–H groups in total. The van der Waals surface area contributed by atoms with E-state index in [0.29, 0.717) is 18.8 Å². The third kappa shape index (κ3) is 6.95. The van der Waals surface area contributed by atoms with E-state index in [2.05, 4.69) is 18.6 Å². The van der Waals surface area contributed by atoms with Gasteiger partial charge in [0, 0.05) is 12.4 Å². The van der Waals surface area contributed by atoms with Gasteiger partial charge in [-0.3, -0.25) is 0 Å². The largest absolute Gasteiger partial charge is 0.215 e. The first kappa shape index (κ1) is 18.2. The second-order valence-corrected chi connectivity index (χ2v) is 8.49. The summed E-state index contributed by atoms with van der Waals surface area (Å²) in [4.78, 5) is 0. The van der Waals surface area contributed by atoms with E-state index >= 15 is 0 Å². The van der Waals surface area contributed by atoms with Gasteiger partial charge >= 0.3 is 0 Å². The molecule has 5 heteroatoms. The molecule has 0 rings (SSSR count). The first-order chi connectivity index (χ1) is 8.10. The summed E-state index contributed by atoms with van der Waals surface area (Å²) in [5.74, 6) is 0.671. The van der Waals surface area contributed by atoms with Gasteiger partial charge in [0.15, 0.2) is 0 Å². The Kier molecular flexibility index (Phi) is 7.19. The maximum atomic E-state index is 11.9. The van der Waals surface area contributed by atoms with Gasteiger partial charge in [0.2, 0.25) is 10.0 Å². The average molecular weight is 298 g/mol. The quantitative estimate of drug-likeness (QED) is 0.698. The van der Waals surface area contributed by atoms with Gasteiger partial charge in [-0.05, 0) is 30.1 Å². The van der Waals surface area contributed by atoms with Gasteiger partial charge in [-0.15, -0.1) is 11.6 Å². The van der Waals surface area contributed by atoms with Gasteiger partial charge in [0.1, 0.15) is 0 Å². The highest BCUT2D eigenvalue weighted by Crippen LogP contribution is 2.27. The lowest BCUT2D eigenvalue weighted by Crippen LogP contribution is -2.39. The van der Waals surface area contributed by atoms with Crippen LogP contribution >= 0.6 is 11.6 Å². The molecule has 0 aliphatic rings. The Bertz CT molecular complexity index is 321. The van der Waals surface area contributed by atoms with Crippen LogP contribution in [0, 0.1) is 10.8 Å². The summed E-state index contributed by atoms with van der Waals surface area (Å²) in [7, 11) is -3.19. The smallest absolute Gasteiger partial charge is 0.211 e. The van der Waals surface area contributed by atoms with Crippen LogP contribution in [0.3, 0.4) is 0 Å². The Balaban J connectivity index is 4.42. The number of sulfonamides is 1. The molecule has 0 saturated carbocycles. The monoisotopic (exact) mass is 297 g/mol. The van der Waals surface area contributed by atoms with Crippen LogP contribution in [-0.2, 0) is 10.0 Å². The van der Waals surface area contributed by atoms with E-state index in [-0.39, 0.29) is 16.6 Å². The van der Waals surface area contributed by atoms with Crippen molar-refractivity contribution in [2.75, 3.05) is 18.2 Å². The van der Waals surface area contributed by atoms with Gasteiger partial charge in [0.05, 0.1) is 5.75 Å². The topological polar surface area (TPSA) is 46.2 Å². The molecule has 0 aromatic heterocycles. The molecule has 0 bridgehead atoms. The molecule has 0 unspecified atom stereocenters. The molecule has 110 valence electrons. The molecule has 0 aliphatic carbocycles. The average Bonchev–Trinajstić information content (AvgIpc) is 2.29. The van der Waals surface area contributed by atoms with Crippen molar-refractivity contribution < 1.29 is 8.42 Å². The summed E-state index contributed by atoms with van der Waals surface area (Å²) in [6, 6.07) is 0. The summed E-state index contributed by atoms with van der Waals surface area (Å²) in [5.41, 5.74) is -0.0792. The lowest BCUT2D eigenvalue weighted by Gasteiger charge is -2.29. The molecule has 0 aliphatic heterocycles. The summed E-state index contributed by atoms with van der Waals surface area (Å²) in [6.45, 7) is 10.7. The van der Waals surface area contributed by atoms with Gasteiger partial charge in [-0.1, -0.05) is 34.6 Å². The van der Waals surface area contributed by atoms with Crippen molar-refractivity contribution in [2.24, 2.45) is 10.8 Å². The minimum atomic E-state index is -3.19. The molecule has 0 saturated heterocycles. The van der Waals surface area contributed by atoms with E-state index in [4.69, 9.17) is 11.6 Å². The van der Waals surface area contributed by atoms with E-state index < -0.39 is 10.0 Å². The van der Waals surface area contributed by atoms with Crippen molar-refractivity contribution in [1.82, 2.24) is 4.72 Å². The Morgan fingerprint density at radius 2 is 1.61 bits per heavy atom. The van der Waals surface area contributed by atoms with Crippen molar-refractivity contribution in [3.05, 3.63) is 0 Å². The van der Waals surface area contributed by atoms with Crippen molar-refractivity contribution in [3.63, 3.8) is 0 Å². The zero-order chi connectivity index (χ0) is 14.4. The second kappa shape index (κ2) is 7.11. The van der Waals surface area contributed by atoms with Crippen LogP contribution in [0.15, 0.2) is 0 Å². The fraction of sp³-hybridized carbons (Fsp3) is 1.00. The molecule has 3 nitrogen and oxygen atoms in total. The van der Waals surface area contributed by atoms with Gasteiger partial charge in [-0.2, -0.15) is 0 Å². The molecule has 0 spiro atoms. The second-order valence-electron chi connectivity index (χ2n) is 6.29. The molecule has 18 heavy (non-hydrogen) atoms. The van der Waals surface area contributed by atoms with Crippen molar-refractivity contribution >= 4 is 21.6 Å². The minimum absolute atomic E-state index is 0.0356. The third-order valence-electron chi connectivity index (χ3n) is 3.57. The molecule has 0 radical (unpaired) electrons. The summed E-state index contributed by atoms with van der Waals surface area (Å²) in [6.07, 6.45) is 2.43. The van der Waals surface area contributed by atoms with Gasteiger partial charge < -0.3 is 0 Å². The predicted octanol–water partition coefficient (Wildman–Crippen LogP) is 3.39. The Morgan fingerprint density at radius 1 is 1.11 bits per heavy atom. The Morgan fingerprint density at radius 3 is 1.94 bits per heavy atom. The molecule has 0 fully saturated rings. The number of hydrogen-bond donors (Lipinski definition) is 1. The lowest BCUT2D eigenvalue weighted by molar-refractivity contribution is 0.304. The summed E-state index contributed by atoms with van der Waals surface area (Å²) in [5, 5.41) is 0. The van der Waals surface area contributed by atoms with Crippen LogP contribution in [0.1, 0.15) is 53.9 Å². The fourth-order valence-electron chi connectivity index (χ4n) is 1.51. The first-order valence-corrected chi connectivity index (χ1v) is 8.82. The highest BCUT2D eigenvalue weighted by molar-refractivity contribution is 7.89. The van der Waals surface area contributed by atoms with Crippen LogP contribution in [0.25, 0.3) is 0 Å². The zero-order valence-electron chi connectivity index (χ0n) is 12.3. The number of rotatable bonds is 8. The van der Waals surface area contributed by atoms with E-state index in [9.17, 15) is 8.42 Å². The SMILES string of the molecule is CCC(CC)(CCl)CNS(=O)(=O)CCC(C)(C)C. The van der Waals surface area contributed by atoms with Crippen LogP contribution < -0.4 is 4.72 Å². The number of hydrogen-bond acceptors (Lipinski definition) is 2. The molecular weight excluding hydrogens is 270 g/mol. The van der Waals surface area contributed by atoms with E-state index in [1.807, 2.05) is 20.8 Å². The molecule has 0 amide bonds. The number of halogens is 1. The first-order valence-electron chi connectivity index (χ1n) is 6.63. The minimum Gasteiger partial charge on any atom is -0.215 e. The van der Waals surface area contributed by atoms with Gasteiger partial charge in [0.25, 0.3) is 0 Å². The van der Waals surface area contributed by atoms with E-state index in [1.54, 1.807) is 0 Å². The fourth-order valence-corrected chi connectivity index (χ4v) is 3.54. The van der Waals surface area contributed by atoms with Crippen LogP contribution in [0.4, 0.5) is 0 Å². The maximum Gasteiger partial charge on any atom is 0.211 e. The summed E-state index contributed by atoms with van der Waals surface area (Å²) < 4.78 is 26.5. The Labute approximate surface area is 118 Å². The standard InChI is InChI=1S/C13H28ClNO2S/c1-6-13(7-2,10-14)11-15-18(16,17)9-8-12(3,4)5/h15H,6-11H2,1-5H3. The van der Waals surface area contributed by atoms with Crippen LogP contribution in [0.2, 0.25) is 0 Å². The van der Waals surface area contributed by atoms with Crippen molar-refractivity contribution in [1.29, 1.82) is 0 Å². The van der Waals surface area contributed by atoms with E-state index in [1.165, 1.54) is 0 Å².